The summed E-state index contributed by atoms with van der Waals surface area (Å²) in [6.45, 7) is 0.0488. The first kappa shape index (κ1) is 12.8. The average molecular weight is 252 g/mol. The van der Waals surface area contributed by atoms with Gasteiger partial charge in [0.15, 0.2) is 11.6 Å². The Morgan fingerprint density at radius 1 is 1.50 bits per heavy atom. The molecule has 0 aromatic heterocycles. The van der Waals surface area contributed by atoms with Gasteiger partial charge in [-0.15, -0.1) is 0 Å². The Hall–Kier alpha value is -1.67. The van der Waals surface area contributed by atoms with Gasteiger partial charge in [0.2, 0.25) is 0 Å². The molecule has 0 heterocycles. The first-order valence-electron chi connectivity index (χ1n) is 5.79. The van der Waals surface area contributed by atoms with Gasteiger partial charge in [0.25, 0.3) is 0 Å². The molecule has 96 valence electrons. The highest BCUT2D eigenvalue weighted by molar-refractivity contribution is 5.26. The molecule has 18 heavy (non-hydrogen) atoms. The second-order valence-corrected chi connectivity index (χ2v) is 4.47. The monoisotopic (exact) mass is 252 g/mol. The molecule has 5 heteroatoms. The number of hydrogen-bond acceptors (Lipinski definition) is 3. The van der Waals surface area contributed by atoms with Crippen LogP contribution in [0.2, 0.25) is 0 Å². The van der Waals surface area contributed by atoms with Crippen molar-refractivity contribution in [1.29, 1.82) is 5.26 Å². The Morgan fingerprint density at radius 2 is 2.22 bits per heavy atom. The third kappa shape index (κ3) is 2.44. The number of nitrogens with zero attached hydrogens (tertiary/aromatic N) is 1. The molecule has 0 spiro atoms. The van der Waals surface area contributed by atoms with Gasteiger partial charge in [-0.3, -0.25) is 5.32 Å². The van der Waals surface area contributed by atoms with E-state index in [4.69, 9.17) is 4.74 Å². The second kappa shape index (κ2) is 4.91. The molecule has 0 aliphatic heterocycles. The number of rotatable bonds is 5. The van der Waals surface area contributed by atoms with E-state index in [-0.39, 0.29) is 18.3 Å². The van der Waals surface area contributed by atoms with E-state index in [1.807, 2.05) is 0 Å². The summed E-state index contributed by atoms with van der Waals surface area (Å²) in [5, 5.41) is 12.2. The summed E-state index contributed by atoms with van der Waals surface area (Å²) in [5.74, 6) is -1.21. The van der Waals surface area contributed by atoms with Crippen LogP contribution in [-0.2, 0) is 0 Å². The fourth-order valence-electron chi connectivity index (χ4n) is 1.93. The van der Waals surface area contributed by atoms with Crippen LogP contribution in [0.3, 0.4) is 0 Å². The van der Waals surface area contributed by atoms with E-state index < -0.39 is 17.2 Å². The van der Waals surface area contributed by atoms with Gasteiger partial charge in [-0.1, -0.05) is 0 Å². The minimum atomic E-state index is -0.791. The van der Waals surface area contributed by atoms with Crippen molar-refractivity contribution in [2.75, 3.05) is 13.7 Å². The molecule has 1 aromatic rings. The van der Waals surface area contributed by atoms with Crippen LogP contribution in [0.25, 0.3) is 0 Å². The highest BCUT2D eigenvalue weighted by Gasteiger charge is 2.45. The second-order valence-electron chi connectivity index (χ2n) is 4.47. The minimum Gasteiger partial charge on any atom is -0.487 e. The lowest BCUT2D eigenvalue weighted by Crippen LogP contribution is -2.49. The van der Waals surface area contributed by atoms with Gasteiger partial charge in [-0.05, 0) is 37.9 Å². The smallest absolute Gasteiger partial charge is 0.167 e. The minimum absolute atomic E-state index is 0.0353. The molecular formula is C13H14F2N2O. The molecule has 1 fully saturated rings. The quantitative estimate of drug-likeness (QED) is 0.874. The van der Waals surface area contributed by atoms with Gasteiger partial charge in [-0.25, -0.2) is 8.78 Å². The summed E-state index contributed by atoms with van der Waals surface area (Å²) in [7, 11) is 1.69. The number of halogens is 2. The Labute approximate surface area is 104 Å². The van der Waals surface area contributed by atoms with Crippen molar-refractivity contribution in [3.05, 3.63) is 29.8 Å². The molecule has 1 saturated carbocycles. The first-order chi connectivity index (χ1) is 8.61. The zero-order valence-corrected chi connectivity index (χ0v) is 10.0. The van der Waals surface area contributed by atoms with Gasteiger partial charge in [0.05, 0.1) is 6.07 Å². The van der Waals surface area contributed by atoms with E-state index >= 15 is 0 Å². The van der Waals surface area contributed by atoms with Crippen molar-refractivity contribution in [2.45, 2.75) is 18.4 Å². The molecule has 0 saturated heterocycles. The van der Waals surface area contributed by atoms with E-state index in [9.17, 15) is 14.0 Å². The van der Waals surface area contributed by atoms with Gasteiger partial charge >= 0.3 is 0 Å². The molecule has 1 aromatic carbocycles. The highest BCUT2D eigenvalue weighted by Crippen LogP contribution is 2.39. The Bertz CT molecular complexity index is 482. The largest absolute Gasteiger partial charge is 0.487 e. The van der Waals surface area contributed by atoms with E-state index in [0.29, 0.717) is 0 Å². The van der Waals surface area contributed by atoms with Crippen molar-refractivity contribution in [1.82, 2.24) is 5.32 Å². The summed E-state index contributed by atoms with van der Waals surface area (Å²) in [6.07, 6.45) is 1.92. The van der Waals surface area contributed by atoms with E-state index in [2.05, 4.69) is 11.4 Å². The molecule has 1 unspecified atom stereocenters. The molecule has 0 amide bonds. The molecule has 0 bridgehead atoms. The molecule has 1 N–H and O–H groups in total. The zero-order valence-electron chi connectivity index (χ0n) is 10.0. The number of hydrogen-bond donors (Lipinski definition) is 1. The molecule has 0 radical (unpaired) electrons. The predicted octanol–water partition coefficient (Wildman–Crippen LogP) is 2.24. The molecule has 1 aliphatic rings. The van der Waals surface area contributed by atoms with E-state index in [0.717, 1.165) is 25.0 Å². The summed E-state index contributed by atoms with van der Waals surface area (Å²) >= 11 is 0. The lowest BCUT2D eigenvalue weighted by atomic mass is 9.96. The lowest BCUT2D eigenvalue weighted by molar-refractivity contribution is 0.203. The Balaban J connectivity index is 2.08. The fraction of sp³-hybridized carbons (Fsp3) is 0.462. The van der Waals surface area contributed by atoms with Crippen LogP contribution >= 0.6 is 0 Å². The van der Waals surface area contributed by atoms with Crippen LogP contribution in [0.15, 0.2) is 18.2 Å². The Morgan fingerprint density at radius 3 is 2.72 bits per heavy atom. The first-order valence-corrected chi connectivity index (χ1v) is 5.79. The molecular weight excluding hydrogens is 238 g/mol. The maximum absolute atomic E-state index is 13.4. The highest BCUT2D eigenvalue weighted by atomic mass is 19.1. The zero-order chi connectivity index (χ0) is 13.2. The lowest BCUT2D eigenvalue weighted by Gasteiger charge is -2.26. The van der Waals surface area contributed by atoms with Crippen molar-refractivity contribution in [3.8, 4) is 11.8 Å². The normalized spacial score (nSPS) is 17.9. The summed E-state index contributed by atoms with van der Waals surface area (Å²) in [4.78, 5) is 0. The number of nitriles is 1. The number of ether oxygens (including phenoxy) is 1. The van der Waals surface area contributed by atoms with Crippen LogP contribution in [-0.4, -0.2) is 19.2 Å². The van der Waals surface area contributed by atoms with Gasteiger partial charge < -0.3 is 4.74 Å². The molecule has 1 atom stereocenters. The maximum Gasteiger partial charge on any atom is 0.167 e. The van der Waals surface area contributed by atoms with Crippen LogP contribution in [0.1, 0.15) is 12.8 Å². The fourth-order valence-corrected chi connectivity index (χ4v) is 1.93. The van der Waals surface area contributed by atoms with Gasteiger partial charge in [-0.2, -0.15) is 5.26 Å². The van der Waals surface area contributed by atoms with E-state index in [1.165, 1.54) is 6.07 Å². The van der Waals surface area contributed by atoms with Crippen molar-refractivity contribution in [2.24, 2.45) is 5.92 Å². The van der Waals surface area contributed by atoms with Crippen LogP contribution in [0.5, 0.6) is 5.75 Å². The SMILES string of the molecule is CNC(C#N)(COc1ccc(F)cc1F)C1CC1. The predicted molar refractivity (Wildman–Crippen MR) is 62.0 cm³/mol. The molecule has 1 aliphatic carbocycles. The number of benzene rings is 1. The van der Waals surface area contributed by atoms with E-state index in [1.54, 1.807) is 7.05 Å². The molecule has 2 rings (SSSR count). The van der Waals surface area contributed by atoms with Crippen molar-refractivity contribution >= 4 is 0 Å². The molecule has 3 nitrogen and oxygen atoms in total. The number of nitrogens with one attached hydrogen (secondary N) is 1. The van der Waals surface area contributed by atoms with Crippen LogP contribution < -0.4 is 10.1 Å². The summed E-state index contributed by atoms with van der Waals surface area (Å²) in [5.41, 5.74) is -0.791. The average Bonchev–Trinajstić information content (AvgIpc) is 3.18. The summed E-state index contributed by atoms with van der Waals surface area (Å²) < 4.78 is 31.4. The van der Waals surface area contributed by atoms with Crippen LogP contribution in [0.4, 0.5) is 8.78 Å². The standard InChI is InChI=1S/C13H14F2N2O/c1-17-13(7-16,9-2-3-9)8-18-12-5-4-10(14)6-11(12)15/h4-6,9,17H,2-3,8H2,1H3. The third-order valence-corrected chi connectivity index (χ3v) is 3.27. The van der Waals surface area contributed by atoms with Crippen molar-refractivity contribution < 1.29 is 13.5 Å². The third-order valence-electron chi connectivity index (χ3n) is 3.27. The number of likely N-dealkylation sites (N-methyl/N-ethyl adjacent to an activating group) is 1. The maximum atomic E-state index is 13.4. The topological polar surface area (TPSA) is 45.0 Å². The van der Waals surface area contributed by atoms with Gasteiger partial charge in [0.1, 0.15) is 18.0 Å². The van der Waals surface area contributed by atoms with Gasteiger partial charge in [0, 0.05) is 6.07 Å². The summed E-state index contributed by atoms with van der Waals surface area (Å²) in [6, 6.07) is 5.32. The van der Waals surface area contributed by atoms with Crippen LogP contribution in [0, 0.1) is 28.9 Å². The Kier molecular flexibility index (Phi) is 3.48. The van der Waals surface area contributed by atoms with Crippen molar-refractivity contribution in [3.63, 3.8) is 0 Å².